The van der Waals surface area contributed by atoms with E-state index in [1.165, 1.54) is 0 Å². The van der Waals surface area contributed by atoms with Crippen molar-refractivity contribution in [2.75, 3.05) is 0 Å². The van der Waals surface area contributed by atoms with Crippen LogP contribution in [-0.2, 0) is 5.48 Å². The van der Waals surface area contributed by atoms with Gasteiger partial charge in [0.05, 0.1) is 0 Å². The van der Waals surface area contributed by atoms with Crippen LogP contribution in [0.1, 0.15) is 0 Å². The second-order valence-electron chi connectivity index (χ2n) is 0. The van der Waals surface area contributed by atoms with Crippen molar-refractivity contribution in [1.29, 1.82) is 0 Å². The molecule has 0 saturated carbocycles. The first-order chi connectivity index (χ1) is 0. The molecule has 0 heterocycles. The van der Waals surface area contributed by atoms with Gasteiger partial charge in [-0.15, -0.1) is 0 Å². The van der Waals surface area contributed by atoms with Gasteiger partial charge in [-0.2, -0.15) is 0 Å². The molecule has 0 radical (unpaired) electrons. The Hall–Kier alpha value is 2.03. The molecule has 0 spiro atoms. The van der Waals surface area contributed by atoms with E-state index in [4.69, 9.17) is 0 Å². The number of hydrogen-bond donors (Lipinski definition) is 0. The summed E-state index contributed by atoms with van der Waals surface area (Å²) in [7, 11) is 0. The first kappa shape index (κ1) is 37.0. The molecule has 1 nitrogen and oxygen atoms in total. The van der Waals surface area contributed by atoms with Crippen molar-refractivity contribution in [2.24, 2.45) is 0 Å². The Morgan fingerprint density at radius 3 is 1.00 bits per heavy atom. The summed E-state index contributed by atoms with van der Waals surface area (Å²) in [6.07, 6.45) is 0. The summed E-state index contributed by atoms with van der Waals surface area (Å²) in [6.45, 7) is 0. The van der Waals surface area contributed by atoms with E-state index in [1.807, 2.05) is 0 Å². The van der Waals surface area contributed by atoms with E-state index in [0.717, 1.165) is 0 Å². The fraction of sp³-hybridized carbons (Fsp3) is 0. The van der Waals surface area contributed by atoms with Gasteiger partial charge in [0.15, 0.2) is 0 Å². The third kappa shape index (κ3) is 8.98. The topological polar surface area (TPSA) is 28.5 Å². The van der Waals surface area contributed by atoms with Crippen LogP contribution in [0.15, 0.2) is 0 Å². The van der Waals surface area contributed by atoms with E-state index in [9.17, 15) is 0 Å². The molecule has 4 heteroatoms. The standard InChI is InChI=1S/Al.O.Si.Th/q+3;-2;2*+4. The number of hydrogen-bond acceptors (Lipinski definition) is 0. The van der Waals surface area contributed by atoms with Gasteiger partial charge in [-0.1, -0.05) is 0 Å². The Bertz CT molecular complexity index is 8.00. The molecule has 0 atom stereocenters. The molecule has 0 aromatic heterocycles. The largest absolute Gasteiger partial charge is 4.00 e. The minimum atomic E-state index is 0. The van der Waals surface area contributed by atoms with E-state index in [2.05, 4.69) is 0 Å². The smallest absolute Gasteiger partial charge is 2.00 e. The summed E-state index contributed by atoms with van der Waals surface area (Å²) >= 11 is 0. The fourth-order valence-corrected chi connectivity index (χ4v) is 0. The molecule has 0 fully saturated rings. The summed E-state index contributed by atoms with van der Waals surface area (Å²) in [5.41, 5.74) is 0. The van der Waals surface area contributed by atoms with E-state index in [1.54, 1.807) is 0 Å². The summed E-state index contributed by atoms with van der Waals surface area (Å²) in [6, 6.07) is 0. The van der Waals surface area contributed by atoms with E-state index >= 15 is 0 Å². The zero-order chi connectivity index (χ0) is 0. The van der Waals surface area contributed by atoms with Crippen molar-refractivity contribution >= 4 is 28.3 Å². The molecule has 4 heavy (non-hydrogen) atoms. The maximum absolute atomic E-state index is 0. The van der Waals surface area contributed by atoms with Gasteiger partial charge in [0.1, 0.15) is 0 Å². The van der Waals surface area contributed by atoms with Gasteiger partial charge in [-0.3, -0.25) is 0 Å². The maximum Gasteiger partial charge on any atom is 4.00 e. The Kier molecular flexibility index (Phi) is 183. The van der Waals surface area contributed by atoms with Crippen molar-refractivity contribution in [2.45, 2.75) is 0 Å². The Balaban J connectivity index is 0. The van der Waals surface area contributed by atoms with Gasteiger partial charge in [0, 0.05) is 0 Å². The van der Waals surface area contributed by atoms with Crippen LogP contribution >= 0.6 is 0 Å². The number of rotatable bonds is 0. The van der Waals surface area contributed by atoms with Crippen LogP contribution in [0, 0.1) is 39.9 Å². The molecule has 0 aromatic carbocycles. The zero-order valence-electron chi connectivity index (χ0n) is 1.99. The molecule has 0 aromatic rings. The Morgan fingerprint density at radius 1 is 1.00 bits per heavy atom. The molecule has 0 amide bonds. The second-order valence-corrected chi connectivity index (χ2v) is 0. The van der Waals surface area contributed by atoms with E-state index in [0.29, 0.717) is 0 Å². The van der Waals surface area contributed by atoms with Crippen molar-refractivity contribution in [3.05, 3.63) is 0 Å². The third-order valence-electron chi connectivity index (χ3n) is 0. The first-order valence-corrected chi connectivity index (χ1v) is 0. The minimum absolute atomic E-state index is 0. The zero-order valence-corrected chi connectivity index (χ0v) is 8.25. The van der Waals surface area contributed by atoms with Crippen LogP contribution in [0.2, 0.25) is 0 Å². The summed E-state index contributed by atoms with van der Waals surface area (Å²) in [4.78, 5) is 0. The average molecular weight is 303 g/mol. The predicted molar refractivity (Wildman–Crippen MR) is 12.2 cm³/mol. The van der Waals surface area contributed by atoms with Gasteiger partial charge >= 0.3 is 68.3 Å². The van der Waals surface area contributed by atoms with Crippen LogP contribution in [-0.4, -0.2) is 28.3 Å². The first-order valence-electron chi connectivity index (χ1n) is 0. The molecule has 0 rings (SSSR count). The van der Waals surface area contributed by atoms with Crippen LogP contribution in [0.3, 0.4) is 0 Å². The van der Waals surface area contributed by atoms with Crippen LogP contribution in [0.25, 0.3) is 0 Å². The van der Waals surface area contributed by atoms with Crippen LogP contribution in [0.5, 0.6) is 0 Å². The summed E-state index contributed by atoms with van der Waals surface area (Å²) in [5, 5.41) is 0. The molecular weight excluding hydrogens is 303 g/mol. The van der Waals surface area contributed by atoms with Crippen molar-refractivity contribution in [1.82, 2.24) is 0 Å². The van der Waals surface area contributed by atoms with Crippen molar-refractivity contribution < 1.29 is 45.4 Å². The molecule has 0 saturated heterocycles. The average Bonchev–Trinajstić information content (AvgIpc) is 0. The Morgan fingerprint density at radius 2 is 1.00 bits per heavy atom. The van der Waals surface area contributed by atoms with Gasteiger partial charge in [0.25, 0.3) is 0 Å². The van der Waals surface area contributed by atoms with E-state index in [-0.39, 0.29) is 73.7 Å². The van der Waals surface area contributed by atoms with E-state index < -0.39 is 0 Å². The van der Waals surface area contributed by atoms with Crippen molar-refractivity contribution in [3.8, 4) is 0 Å². The van der Waals surface area contributed by atoms with Gasteiger partial charge < -0.3 is 5.48 Å². The molecular formula is AlOSiTh+9. The summed E-state index contributed by atoms with van der Waals surface area (Å²) < 4.78 is 0. The normalized spacial score (nSPS) is 0. The Labute approximate surface area is 72.7 Å². The quantitative estimate of drug-likeness (QED) is 0.520. The summed E-state index contributed by atoms with van der Waals surface area (Å²) in [5.74, 6) is 0. The third-order valence-corrected chi connectivity index (χ3v) is 0. The van der Waals surface area contributed by atoms with Crippen LogP contribution in [0.4, 0.5) is 0 Å². The maximum atomic E-state index is 0. The molecule has 0 aliphatic carbocycles. The van der Waals surface area contributed by atoms with Gasteiger partial charge in [-0.05, 0) is 0 Å². The SMILES string of the molecule is [Al+3].[O-2].[Si+4].[Th+4]. The molecule has 8 valence electrons. The second kappa shape index (κ2) is 19.8. The molecule has 0 aliphatic rings. The molecule has 0 aliphatic heterocycles. The molecule has 0 unspecified atom stereocenters. The minimum Gasteiger partial charge on any atom is -2.00 e. The molecule has 0 N–H and O–H groups in total. The van der Waals surface area contributed by atoms with Crippen LogP contribution < -0.4 is 0 Å². The van der Waals surface area contributed by atoms with Gasteiger partial charge in [0.2, 0.25) is 0 Å². The van der Waals surface area contributed by atoms with Crippen molar-refractivity contribution in [3.63, 3.8) is 0 Å². The fourth-order valence-electron chi connectivity index (χ4n) is 0. The molecule has 0 bridgehead atoms. The predicted octanol–water partition coefficient (Wildman–Crippen LogP) is -0.880. The van der Waals surface area contributed by atoms with Gasteiger partial charge in [-0.25, -0.2) is 0 Å². The monoisotopic (exact) mass is 303 g/mol.